The first kappa shape index (κ1) is 25.3. The molecular weight excluding hydrogens is 460 g/mol. The molecule has 2 amide bonds. The van der Waals surface area contributed by atoms with Gasteiger partial charge < -0.3 is 25.5 Å². The van der Waals surface area contributed by atoms with E-state index in [1.807, 2.05) is 24.3 Å². The number of aliphatic hydroxyl groups excluding tert-OH is 3. The van der Waals surface area contributed by atoms with Crippen LogP contribution in [0.2, 0.25) is 0 Å². The lowest BCUT2D eigenvalue weighted by Crippen LogP contribution is -2.49. The van der Waals surface area contributed by atoms with Gasteiger partial charge in [0.15, 0.2) is 0 Å². The minimum atomic E-state index is -1.36. The van der Waals surface area contributed by atoms with Gasteiger partial charge in [0.25, 0.3) is 11.8 Å². The van der Waals surface area contributed by atoms with Crippen molar-refractivity contribution in [1.82, 2.24) is 5.01 Å². The number of nitrogens with zero attached hydrogens (tertiary/aromatic N) is 3. The van der Waals surface area contributed by atoms with Gasteiger partial charge in [0.1, 0.15) is 5.54 Å². The van der Waals surface area contributed by atoms with Crippen molar-refractivity contribution < 1.29 is 24.9 Å². The predicted octanol–water partition coefficient (Wildman–Crippen LogP) is 2.44. The van der Waals surface area contributed by atoms with E-state index in [0.717, 1.165) is 29.3 Å². The molecule has 188 valence electrons. The summed E-state index contributed by atoms with van der Waals surface area (Å²) in [7, 11) is 0. The second kappa shape index (κ2) is 10.4. The largest absolute Gasteiger partial charge is 0.394 e. The normalized spacial score (nSPS) is 13.6. The van der Waals surface area contributed by atoms with E-state index < -0.39 is 37.2 Å². The second-order valence-corrected chi connectivity index (χ2v) is 8.70. The molecule has 4 rings (SSSR count). The predicted molar refractivity (Wildman–Crippen MR) is 140 cm³/mol. The minimum Gasteiger partial charge on any atom is -0.394 e. The Balaban J connectivity index is 1.67. The molecule has 9 nitrogen and oxygen atoms in total. The molecule has 36 heavy (non-hydrogen) atoms. The third kappa shape index (κ3) is 4.44. The van der Waals surface area contributed by atoms with Crippen molar-refractivity contribution in [2.24, 2.45) is 5.10 Å². The molecule has 3 aromatic carbocycles. The first-order chi connectivity index (χ1) is 17.4. The smallest absolute Gasteiger partial charge is 0.282 e. The summed E-state index contributed by atoms with van der Waals surface area (Å²) < 4.78 is 0. The van der Waals surface area contributed by atoms with Crippen LogP contribution >= 0.6 is 0 Å². The Labute approximate surface area is 209 Å². The number of rotatable bonds is 10. The third-order valence-corrected chi connectivity index (χ3v) is 6.54. The van der Waals surface area contributed by atoms with Crippen LogP contribution in [0.15, 0.2) is 59.7 Å². The molecule has 0 radical (unpaired) electrons. The van der Waals surface area contributed by atoms with Crippen LogP contribution in [0.4, 0.5) is 11.4 Å². The van der Waals surface area contributed by atoms with Crippen molar-refractivity contribution in [2.75, 3.05) is 43.1 Å². The van der Waals surface area contributed by atoms with Crippen LogP contribution in [0, 0.1) is 0 Å². The van der Waals surface area contributed by atoms with Gasteiger partial charge in [-0.1, -0.05) is 24.3 Å². The summed E-state index contributed by atoms with van der Waals surface area (Å²) in [5, 5.41) is 38.2. The molecule has 1 heterocycles. The fourth-order valence-electron chi connectivity index (χ4n) is 4.34. The van der Waals surface area contributed by atoms with Gasteiger partial charge in [-0.2, -0.15) is 10.1 Å². The van der Waals surface area contributed by atoms with Crippen LogP contribution < -0.4 is 10.2 Å². The zero-order valence-corrected chi connectivity index (χ0v) is 20.3. The van der Waals surface area contributed by atoms with Gasteiger partial charge in [0.2, 0.25) is 0 Å². The number of nitrogens with one attached hydrogen (secondary N) is 1. The molecule has 0 spiro atoms. The monoisotopic (exact) mass is 490 g/mol. The van der Waals surface area contributed by atoms with Gasteiger partial charge in [-0.3, -0.25) is 9.59 Å². The van der Waals surface area contributed by atoms with E-state index in [1.165, 1.54) is 6.21 Å². The Morgan fingerprint density at radius 1 is 0.889 bits per heavy atom. The molecule has 0 saturated heterocycles. The van der Waals surface area contributed by atoms with Gasteiger partial charge in [0.05, 0.1) is 37.2 Å². The summed E-state index contributed by atoms with van der Waals surface area (Å²) in [6.45, 7) is 4.42. The van der Waals surface area contributed by atoms with Crippen LogP contribution in [0.25, 0.3) is 10.8 Å². The highest BCUT2D eigenvalue weighted by Crippen LogP contribution is 2.35. The molecule has 0 aliphatic carbocycles. The number of hydrogen-bond acceptors (Lipinski definition) is 8. The maximum Gasteiger partial charge on any atom is 0.282 e. The highest BCUT2D eigenvalue weighted by atomic mass is 16.3. The van der Waals surface area contributed by atoms with Gasteiger partial charge >= 0.3 is 0 Å². The topological polar surface area (TPSA) is 126 Å². The van der Waals surface area contributed by atoms with Crippen LogP contribution in [0.5, 0.6) is 0 Å². The Hall–Kier alpha value is -3.79. The van der Waals surface area contributed by atoms with E-state index in [9.17, 15) is 24.9 Å². The van der Waals surface area contributed by atoms with Gasteiger partial charge in [0, 0.05) is 35.2 Å². The summed E-state index contributed by atoms with van der Waals surface area (Å²) in [5.74, 6) is -1.10. The molecule has 9 heteroatoms. The van der Waals surface area contributed by atoms with E-state index in [1.54, 1.807) is 30.3 Å². The number of carbonyl (C=O) groups is 2. The van der Waals surface area contributed by atoms with Crippen LogP contribution in [-0.4, -0.2) is 76.8 Å². The molecule has 3 aromatic rings. The summed E-state index contributed by atoms with van der Waals surface area (Å²) in [4.78, 5) is 28.7. The molecule has 0 aromatic heterocycles. The molecular formula is C27H30N4O5. The van der Waals surface area contributed by atoms with E-state index in [-0.39, 0.29) is 0 Å². The van der Waals surface area contributed by atoms with Crippen molar-refractivity contribution in [3.63, 3.8) is 0 Å². The minimum absolute atomic E-state index is 0.308. The zero-order valence-electron chi connectivity index (χ0n) is 20.3. The number of hydrazone groups is 1. The van der Waals surface area contributed by atoms with Crippen molar-refractivity contribution >= 4 is 40.2 Å². The number of amides is 2. The lowest BCUT2D eigenvalue weighted by molar-refractivity contribution is 0.0616. The molecule has 0 saturated carbocycles. The second-order valence-electron chi connectivity index (χ2n) is 8.70. The zero-order chi connectivity index (χ0) is 25.9. The number of imide groups is 1. The first-order valence-electron chi connectivity index (χ1n) is 11.9. The SMILES string of the molecule is CCN(CC)c1ccc(/C=N/N2C(=O)c3cccc4c(NC(CO)(CO)CO)ccc(c34)C2=O)cc1. The average Bonchev–Trinajstić information content (AvgIpc) is 2.92. The third-order valence-electron chi connectivity index (χ3n) is 6.54. The molecule has 0 unspecified atom stereocenters. The molecule has 1 aliphatic rings. The van der Waals surface area contributed by atoms with Gasteiger partial charge in [-0.25, -0.2) is 0 Å². The number of benzene rings is 3. The number of carbonyl (C=O) groups excluding carboxylic acids is 2. The standard InChI is InChI=1S/C27H30N4O5/c1-3-30(4-2)19-10-8-18(9-11-19)14-28-31-25(35)21-7-5-6-20-23(29-27(15-32,16-33)17-34)13-12-22(24(20)21)26(31)36/h5-14,29,32-34H,3-4,15-17H2,1-2H3/b28-14+. The van der Waals surface area contributed by atoms with E-state index in [2.05, 4.69) is 29.2 Å². The Bertz CT molecular complexity index is 1270. The maximum atomic E-state index is 13.3. The Kier molecular flexibility index (Phi) is 7.35. The highest BCUT2D eigenvalue weighted by Gasteiger charge is 2.35. The fourth-order valence-corrected chi connectivity index (χ4v) is 4.34. The van der Waals surface area contributed by atoms with Crippen molar-refractivity contribution in [1.29, 1.82) is 0 Å². The first-order valence-corrected chi connectivity index (χ1v) is 11.9. The summed E-state index contributed by atoms with van der Waals surface area (Å²) in [6, 6.07) is 16.0. The van der Waals surface area contributed by atoms with E-state index in [0.29, 0.717) is 27.6 Å². The Morgan fingerprint density at radius 2 is 1.50 bits per heavy atom. The number of aliphatic hydroxyl groups is 3. The van der Waals surface area contributed by atoms with Crippen molar-refractivity contribution in [3.05, 3.63) is 71.3 Å². The summed E-state index contributed by atoms with van der Waals surface area (Å²) in [6.07, 6.45) is 1.49. The van der Waals surface area contributed by atoms with E-state index in [4.69, 9.17) is 0 Å². The van der Waals surface area contributed by atoms with Crippen LogP contribution in [0.1, 0.15) is 40.1 Å². The highest BCUT2D eigenvalue weighted by molar-refractivity contribution is 6.26. The number of anilines is 2. The van der Waals surface area contributed by atoms with E-state index >= 15 is 0 Å². The average molecular weight is 491 g/mol. The molecule has 0 atom stereocenters. The quantitative estimate of drug-likeness (QED) is 0.254. The molecule has 0 bridgehead atoms. The maximum absolute atomic E-state index is 13.3. The van der Waals surface area contributed by atoms with Gasteiger partial charge in [-0.15, -0.1) is 0 Å². The summed E-state index contributed by atoms with van der Waals surface area (Å²) in [5.41, 5.74) is 1.56. The lowest BCUT2D eigenvalue weighted by atomic mass is 9.92. The number of hydrogen-bond donors (Lipinski definition) is 4. The Morgan fingerprint density at radius 3 is 2.08 bits per heavy atom. The molecule has 4 N–H and O–H groups in total. The molecule has 1 aliphatic heterocycles. The lowest BCUT2D eigenvalue weighted by Gasteiger charge is -2.31. The van der Waals surface area contributed by atoms with Gasteiger partial charge in [-0.05, 0) is 49.7 Å². The van der Waals surface area contributed by atoms with Crippen molar-refractivity contribution in [3.8, 4) is 0 Å². The fraction of sp³-hybridized carbons (Fsp3) is 0.296. The molecule has 0 fully saturated rings. The van der Waals surface area contributed by atoms with Crippen LogP contribution in [-0.2, 0) is 0 Å². The van der Waals surface area contributed by atoms with Crippen LogP contribution in [0.3, 0.4) is 0 Å². The summed E-state index contributed by atoms with van der Waals surface area (Å²) >= 11 is 0. The van der Waals surface area contributed by atoms with Crippen molar-refractivity contribution in [2.45, 2.75) is 19.4 Å².